The van der Waals surface area contributed by atoms with Crippen LogP contribution < -0.4 is 5.32 Å². The van der Waals surface area contributed by atoms with Gasteiger partial charge in [0.2, 0.25) is 0 Å². The Hall–Kier alpha value is -0.860. The lowest BCUT2D eigenvalue weighted by Gasteiger charge is -2.35. The zero-order valence-electron chi connectivity index (χ0n) is 10.5. The quantitative estimate of drug-likeness (QED) is 0.774. The van der Waals surface area contributed by atoms with Crippen molar-refractivity contribution in [2.45, 2.75) is 45.3 Å². The molecule has 0 spiro atoms. The molecule has 2 unspecified atom stereocenters. The monoisotopic (exact) mass is 221 g/mol. The van der Waals surface area contributed by atoms with Gasteiger partial charge in [0.05, 0.1) is 0 Å². The summed E-state index contributed by atoms with van der Waals surface area (Å²) in [5, 5.41) is 14.1. The van der Waals surface area contributed by atoms with Gasteiger partial charge in [-0.15, -0.1) is 0 Å². The van der Waals surface area contributed by atoms with Crippen molar-refractivity contribution in [2.75, 3.05) is 6.54 Å². The number of hydrogen-bond acceptors (Lipinski definition) is 2. The average molecular weight is 221 g/mol. The molecule has 0 bridgehead atoms. The van der Waals surface area contributed by atoms with Crippen LogP contribution in [-0.2, 0) is 5.60 Å². The Morgan fingerprint density at radius 1 is 1.25 bits per heavy atom. The second-order valence-electron chi connectivity index (χ2n) is 4.32. The van der Waals surface area contributed by atoms with Gasteiger partial charge in [0.25, 0.3) is 0 Å². The summed E-state index contributed by atoms with van der Waals surface area (Å²) in [6.07, 6.45) is 1.76. The fraction of sp³-hybridized carbons (Fsp3) is 0.571. The molecule has 1 aromatic rings. The number of benzene rings is 1. The zero-order chi connectivity index (χ0) is 12.0. The highest BCUT2D eigenvalue weighted by molar-refractivity contribution is 5.24. The van der Waals surface area contributed by atoms with Crippen LogP contribution in [0.2, 0.25) is 0 Å². The molecule has 0 heterocycles. The number of nitrogens with one attached hydrogen (secondary N) is 1. The van der Waals surface area contributed by atoms with Crippen LogP contribution in [0.3, 0.4) is 0 Å². The molecule has 0 amide bonds. The van der Waals surface area contributed by atoms with Crippen LogP contribution in [-0.4, -0.2) is 17.7 Å². The second-order valence-corrected chi connectivity index (χ2v) is 4.32. The maximum absolute atomic E-state index is 10.8. The van der Waals surface area contributed by atoms with Gasteiger partial charge in [-0.3, -0.25) is 0 Å². The van der Waals surface area contributed by atoms with Crippen LogP contribution >= 0.6 is 0 Å². The lowest BCUT2D eigenvalue weighted by atomic mass is 9.83. The predicted octanol–water partition coefficient (Wildman–Crippen LogP) is 2.67. The van der Waals surface area contributed by atoms with E-state index in [0.29, 0.717) is 0 Å². The highest BCUT2D eigenvalue weighted by Gasteiger charge is 2.33. The summed E-state index contributed by atoms with van der Waals surface area (Å²) >= 11 is 0. The van der Waals surface area contributed by atoms with E-state index in [1.165, 1.54) is 0 Å². The number of rotatable bonds is 6. The second kappa shape index (κ2) is 6.02. The fourth-order valence-corrected chi connectivity index (χ4v) is 2.19. The first-order valence-electron chi connectivity index (χ1n) is 6.16. The van der Waals surface area contributed by atoms with Crippen molar-refractivity contribution in [3.05, 3.63) is 35.9 Å². The SMILES string of the molecule is CCCC(O)(c1ccccc1)C(C)NCC. The number of aliphatic hydroxyl groups is 1. The van der Waals surface area contributed by atoms with Gasteiger partial charge >= 0.3 is 0 Å². The molecule has 0 aliphatic heterocycles. The molecule has 0 fully saturated rings. The Bertz CT molecular complexity index is 299. The summed E-state index contributed by atoms with van der Waals surface area (Å²) in [7, 11) is 0. The summed E-state index contributed by atoms with van der Waals surface area (Å²) in [5.74, 6) is 0. The third kappa shape index (κ3) is 2.83. The molecule has 2 heteroatoms. The van der Waals surface area contributed by atoms with Crippen molar-refractivity contribution in [1.82, 2.24) is 5.32 Å². The van der Waals surface area contributed by atoms with Crippen LogP contribution in [0, 0.1) is 0 Å². The summed E-state index contributed by atoms with van der Waals surface area (Å²) < 4.78 is 0. The van der Waals surface area contributed by atoms with E-state index in [1.54, 1.807) is 0 Å². The topological polar surface area (TPSA) is 32.3 Å². The molecule has 0 aliphatic rings. The van der Waals surface area contributed by atoms with E-state index in [4.69, 9.17) is 0 Å². The van der Waals surface area contributed by atoms with Crippen LogP contribution in [0.1, 0.15) is 39.2 Å². The Morgan fingerprint density at radius 3 is 2.38 bits per heavy atom. The minimum Gasteiger partial charge on any atom is -0.384 e. The number of likely N-dealkylation sites (N-methyl/N-ethyl adjacent to an activating group) is 1. The largest absolute Gasteiger partial charge is 0.384 e. The van der Waals surface area contributed by atoms with Crippen LogP contribution in [0.5, 0.6) is 0 Å². The van der Waals surface area contributed by atoms with Crippen LogP contribution in [0.4, 0.5) is 0 Å². The van der Waals surface area contributed by atoms with Crippen LogP contribution in [0.15, 0.2) is 30.3 Å². The summed E-state index contributed by atoms with van der Waals surface area (Å²) in [6, 6.07) is 10.0. The lowest BCUT2D eigenvalue weighted by Crippen LogP contribution is -2.46. The van der Waals surface area contributed by atoms with E-state index in [9.17, 15) is 5.11 Å². The molecule has 2 N–H and O–H groups in total. The molecule has 0 aliphatic carbocycles. The van der Waals surface area contributed by atoms with Gasteiger partial charge in [0.1, 0.15) is 5.60 Å². The Balaban J connectivity index is 2.96. The predicted molar refractivity (Wildman–Crippen MR) is 68.4 cm³/mol. The Labute approximate surface area is 98.7 Å². The standard InChI is InChI=1S/C14H23NO/c1-4-11-14(16,12(3)15-5-2)13-9-7-6-8-10-13/h6-10,12,15-16H,4-5,11H2,1-3H3. The van der Waals surface area contributed by atoms with E-state index in [-0.39, 0.29) is 6.04 Å². The molecular weight excluding hydrogens is 198 g/mol. The minimum atomic E-state index is -0.758. The number of hydrogen-bond donors (Lipinski definition) is 2. The maximum Gasteiger partial charge on any atom is 0.105 e. The third-order valence-corrected chi connectivity index (χ3v) is 3.13. The lowest BCUT2D eigenvalue weighted by molar-refractivity contribution is -0.00598. The Morgan fingerprint density at radius 2 is 1.88 bits per heavy atom. The van der Waals surface area contributed by atoms with Crippen LogP contribution in [0.25, 0.3) is 0 Å². The van der Waals surface area contributed by atoms with Crippen molar-refractivity contribution >= 4 is 0 Å². The fourth-order valence-electron chi connectivity index (χ4n) is 2.19. The first kappa shape index (κ1) is 13.2. The zero-order valence-corrected chi connectivity index (χ0v) is 10.5. The normalized spacial score (nSPS) is 16.8. The van der Waals surface area contributed by atoms with Gasteiger partial charge in [0, 0.05) is 6.04 Å². The molecule has 0 aromatic heterocycles. The van der Waals surface area contributed by atoms with E-state index in [2.05, 4.69) is 19.2 Å². The molecule has 90 valence electrons. The summed E-state index contributed by atoms with van der Waals surface area (Å²) in [6.45, 7) is 7.09. The van der Waals surface area contributed by atoms with E-state index >= 15 is 0 Å². The molecular formula is C14H23NO. The molecule has 1 aromatic carbocycles. The maximum atomic E-state index is 10.8. The van der Waals surface area contributed by atoms with Crippen molar-refractivity contribution in [2.24, 2.45) is 0 Å². The molecule has 0 saturated heterocycles. The molecule has 2 nitrogen and oxygen atoms in total. The van der Waals surface area contributed by atoms with Gasteiger partial charge in [-0.05, 0) is 25.5 Å². The summed E-state index contributed by atoms with van der Waals surface area (Å²) in [4.78, 5) is 0. The molecule has 0 radical (unpaired) electrons. The van der Waals surface area contributed by atoms with Crippen molar-refractivity contribution in [1.29, 1.82) is 0 Å². The van der Waals surface area contributed by atoms with Crippen molar-refractivity contribution < 1.29 is 5.11 Å². The molecule has 16 heavy (non-hydrogen) atoms. The first-order chi connectivity index (χ1) is 7.65. The first-order valence-corrected chi connectivity index (χ1v) is 6.16. The van der Waals surface area contributed by atoms with Crippen molar-refractivity contribution in [3.63, 3.8) is 0 Å². The van der Waals surface area contributed by atoms with Gasteiger partial charge in [-0.1, -0.05) is 50.6 Å². The van der Waals surface area contributed by atoms with E-state index < -0.39 is 5.60 Å². The third-order valence-electron chi connectivity index (χ3n) is 3.13. The van der Waals surface area contributed by atoms with Gasteiger partial charge in [0.15, 0.2) is 0 Å². The highest BCUT2D eigenvalue weighted by Crippen LogP contribution is 2.30. The van der Waals surface area contributed by atoms with Gasteiger partial charge in [-0.2, -0.15) is 0 Å². The molecule has 1 rings (SSSR count). The van der Waals surface area contributed by atoms with E-state index in [0.717, 1.165) is 24.9 Å². The van der Waals surface area contributed by atoms with Crippen molar-refractivity contribution in [3.8, 4) is 0 Å². The summed E-state index contributed by atoms with van der Waals surface area (Å²) in [5.41, 5.74) is 0.247. The molecule has 0 saturated carbocycles. The Kier molecular flexibility index (Phi) is 4.97. The van der Waals surface area contributed by atoms with Gasteiger partial charge < -0.3 is 10.4 Å². The molecule has 2 atom stereocenters. The minimum absolute atomic E-state index is 0.0693. The van der Waals surface area contributed by atoms with E-state index in [1.807, 2.05) is 37.3 Å². The van der Waals surface area contributed by atoms with Gasteiger partial charge in [-0.25, -0.2) is 0 Å². The smallest absolute Gasteiger partial charge is 0.105 e. The average Bonchev–Trinajstić information content (AvgIpc) is 2.30. The highest BCUT2D eigenvalue weighted by atomic mass is 16.3.